The van der Waals surface area contributed by atoms with Crippen LogP contribution >= 0.6 is 11.3 Å². The molecule has 4 heterocycles. The van der Waals surface area contributed by atoms with Crippen molar-refractivity contribution in [2.75, 3.05) is 13.1 Å². The Balaban J connectivity index is 1.41. The normalized spacial score (nSPS) is 18.3. The number of imidazole rings is 1. The van der Waals surface area contributed by atoms with E-state index < -0.39 is 0 Å². The first-order chi connectivity index (χ1) is 11.3. The van der Waals surface area contributed by atoms with E-state index in [1.807, 2.05) is 30.0 Å². The second-order valence-electron chi connectivity index (χ2n) is 5.88. The van der Waals surface area contributed by atoms with Gasteiger partial charge in [0.1, 0.15) is 0 Å². The largest absolute Gasteiger partial charge is 0.418 e. The molecule has 3 aromatic heterocycles. The molecule has 7 heteroatoms. The third-order valence-corrected chi connectivity index (χ3v) is 5.38. The van der Waals surface area contributed by atoms with Gasteiger partial charge in [-0.3, -0.25) is 4.90 Å². The Morgan fingerprint density at radius 3 is 2.87 bits per heavy atom. The maximum atomic E-state index is 5.87. The zero-order valence-corrected chi connectivity index (χ0v) is 13.8. The van der Waals surface area contributed by atoms with Gasteiger partial charge >= 0.3 is 0 Å². The van der Waals surface area contributed by atoms with Crippen molar-refractivity contribution in [1.29, 1.82) is 0 Å². The number of thiophene rings is 1. The van der Waals surface area contributed by atoms with Crippen molar-refractivity contribution in [1.82, 2.24) is 24.6 Å². The van der Waals surface area contributed by atoms with Crippen molar-refractivity contribution in [3.63, 3.8) is 0 Å². The lowest BCUT2D eigenvalue weighted by molar-refractivity contribution is 0.127. The smallest absolute Gasteiger partial charge is 0.257 e. The van der Waals surface area contributed by atoms with Crippen LogP contribution in [0, 0.1) is 0 Å². The molecule has 6 nitrogen and oxygen atoms in total. The third-order valence-electron chi connectivity index (χ3n) is 4.52. The van der Waals surface area contributed by atoms with Crippen LogP contribution < -0.4 is 0 Å². The predicted octanol–water partition coefficient (Wildman–Crippen LogP) is 3.39. The molecule has 1 aliphatic rings. The summed E-state index contributed by atoms with van der Waals surface area (Å²) in [5.74, 6) is 1.32. The fourth-order valence-corrected chi connectivity index (χ4v) is 3.76. The van der Waals surface area contributed by atoms with Crippen molar-refractivity contribution in [2.45, 2.75) is 31.8 Å². The Hall–Kier alpha value is -1.99. The molecule has 120 valence electrons. The van der Waals surface area contributed by atoms with E-state index in [1.54, 1.807) is 11.3 Å². The summed E-state index contributed by atoms with van der Waals surface area (Å²) < 4.78 is 8.09. The van der Waals surface area contributed by atoms with E-state index in [4.69, 9.17) is 4.42 Å². The first-order valence-electron chi connectivity index (χ1n) is 7.90. The maximum Gasteiger partial charge on any atom is 0.257 e. The van der Waals surface area contributed by atoms with E-state index in [0.717, 1.165) is 30.8 Å². The number of likely N-dealkylation sites (tertiary alicyclic amines) is 1. The van der Waals surface area contributed by atoms with Crippen molar-refractivity contribution in [2.24, 2.45) is 0 Å². The molecule has 1 unspecified atom stereocenters. The van der Waals surface area contributed by atoms with E-state index in [2.05, 4.69) is 37.8 Å². The summed E-state index contributed by atoms with van der Waals surface area (Å²) in [5, 5.41) is 10.5. The quantitative estimate of drug-likeness (QED) is 0.734. The van der Waals surface area contributed by atoms with Gasteiger partial charge in [0.15, 0.2) is 0 Å². The summed E-state index contributed by atoms with van der Waals surface area (Å²) in [6.07, 6.45) is 8.04. The number of piperidine rings is 1. The van der Waals surface area contributed by atoms with Gasteiger partial charge in [-0.2, -0.15) is 0 Å². The molecule has 0 amide bonds. The molecule has 0 N–H and O–H groups in total. The third kappa shape index (κ3) is 2.94. The lowest BCUT2D eigenvalue weighted by Crippen LogP contribution is -2.36. The topological polar surface area (TPSA) is 60.0 Å². The Bertz CT molecular complexity index is 728. The molecule has 4 rings (SSSR count). The molecule has 1 saturated heterocycles. The van der Waals surface area contributed by atoms with Crippen molar-refractivity contribution in [3.8, 4) is 10.8 Å². The van der Waals surface area contributed by atoms with Gasteiger partial charge in [-0.25, -0.2) is 4.98 Å². The van der Waals surface area contributed by atoms with Gasteiger partial charge in [0.25, 0.3) is 5.89 Å². The van der Waals surface area contributed by atoms with Crippen LogP contribution in [-0.2, 0) is 0 Å². The average molecular weight is 329 g/mol. The van der Waals surface area contributed by atoms with Crippen LogP contribution in [0.3, 0.4) is 0 Å². The van der Waals surface area contributed by atoms with Gasteiger partial charge in [0.2, 0.25) is 5.89 Å². The molecular weight excluding hydrogens is 310 g/mol. The zero-order chi connectivity index (χ0) is 15.6. The lowest BCUT2D eigenvalue weighted by Gasteiger charge is -2.34. The fourth-order valence-electron chi connectivity index (χ4n) is 3.12. The number of rotatable bonds is 4. The van der Waals surface area contributed by atoms with Crippen LogP contribution in [0.4, 0.5) is 0 Å². The van der Waals surface area contributed by atoms with Gasteiger partial charge in [-0.15, -0.1) is 21.5 Å². The Kier molecular flexibility index (Phi) is 3.97. The van der Waals surface area contributed by atoms with Crippen molar-refractivity contribution in [3.05, 3.63) is 42.1 Å². The zero-order valence-electron chi connectivity index (χ0n) is 13.0. The van der Waals surface area contributed by atoms with E-state index >= 15 is 0 Å². The molecule has 0 bridgehead atoms. The molecule has 0 radical (unpaired) electrons. The minimum atomic E-state index is 0.153. The Morgan fingerprint density at radius 1 is 1.30 bits per heavy atom. The highest BCUT2D eigenvalue weighted by Crippen LogP contribution is 2.30. The van der Waals surface area contributed by atoms with Crippen LogP contribution in [0.5, 0.6) is 0 Å². The number of aromatic nitrogens is 4. The van der Waals surface area contributed by atoms with E-state index in [0.29, 0.717) is 17.8 Å². The molecular formula is C16H19N5OS. The van der Waals surface area contributed by atoms with Crippen LogP contribution in [0.25, 0.3) is 10.8 Å². The summed E-state index contributed by atoms with van der Waals surface area (Å²) in [6.45, 7) is 4.20. The summed E-state index contributed by atoms with van der Waals surface area (Å²) >= 11 is 1.62. The van der Waals surface area contributed by atoms with Crippen LogP contribution in [-0.4, -0.2) is 37.7 Å². The molecule has 0 saturated carbocycles. The standard InChI is InChI=1S/C16H19N5OS/c1-12(15-18-19-16(22-15)14-3-2-10-23-14)20-7-4-13(5-8-20)21-9-6-17-11-21/h2-3,6,9-13H,4-5,7-8H2,1H3. The Labute approximate surface area is 138 Å². The Morgan fingerprint density at radius 2 is 2.17 bits per heavy atom. The molecule has 0 aliphatic carbocycles. The minimum absolute atomic E-state index is 0.153. The van der Waals surface area contributed by atoms with Crippen LogP contribution in [0.15, 0.2) is 40.7 Å². The van der Waals surface area contributed by atoms with Crippen LogP contribution in [0.2, 0.25) is 0 Å². The average Bonchev–Trinajstić information content (AvgIpc) is 3.36. The van der Waals surface area contributed by atoms with Crippen molar-refractivity contribution < 1.29 is 4.42 Å². The van der Waals surface area contributed by atoms with Gasteiger partial charge < -0.3 is 8.98 Å². The molecule has 0 aromatic carbocycles. The summed E-state index contributed by atoms with van der Waals surface area (Å²) in [6, 6.07) is 4.70. The molecule has 1 fully saturated rings. The molecule has 0 spiro atoms. The summed E-state index contributed by atoms with van der Waals surface area (Å²) in [4.78, 5) is 7.58. The highest BCUT2D eigenvalue weighted by Gasteiger charge is 2.27. The van der Waals surface area contributed by atoms with Gasteiger partial charge in [0, 0.05) is 31.5 Å². The van der Waals surface area contributed by atoms with Crippen molar-refractivity contribution >= 4 is 11.3 Å². The summed E-state index contributed by atoms with van der Waals surface area (Å²) in [5.41, 5.74) is 0. The number of hydrogen-bond donors (Lipinski definition) is 0. The van der Waals surface area contributed by atoms with Gasteiger partial charge in [-0.1, -0.05) is 6.07 Å². The van der Waals surface area contributed by atoms with Gasteiger partial charge in [-0.05, 0) is 31.2 Å². The van der Waals surface area contributed by atoms with E-state index in [9.17, 15) is 0 Å². The van der Waals surface area contributed by atoms with E-state index in [1.165, 1.54) is 0 Å². The number of hydrogen-bond acceptors (Lipinski definition) is 6. The first-order valence-corrected chi connectivity index (χ1v) is 8.78. The molecule has 1 aliphatic heterocycles. The monoisotopic (exact) mass is 329 g/mol. The maximum absolute atomic E-state index is 5.87. The van der Waals surface area contributed by atoms with E-state index in [-0.39, 0.29) is 6.04 Å². The highest BCUT2D eigenvalue weighted by atomic mass is 32.1. The molecule has 1 atom stereocenters. The van der Waals surface area contributed by atoms with Crippen LogP contribution in [0.1, 0.15) is 37.7 Å². The molecule has 3 aromatic rings. The highest BCUT2D eigenvalue weighted by molar-refractivity contribution is 7.13. The summed E-state index contributed by atoms with van der Waals surface area (Å²) in [7, 11) is 0. The molecule has 23 heavy (non-hydrogen) atoms. The second kappa shape index (κ2) is 6.25. The van der Waals surface area contributed by atoms with Gasteiger partial charge in [0.05, 0.1) is 17.2 Å². The second-order valence-corrected chi connectivity index (χ2v) is 6.82. The minimum Gasteiger partial charge on any atom is -0.418 e. The lowest BCUT2D eigenvalue weighted by atomic mass is 10.0. The fraction of sp³-hybridized carbons (Fsp3) is 0.438. The predicted molar refractivity (Wildman–Crippen MR) is 88.1 cm³/mol. The number of nitrogens with zero attached hydrogens (tertiary/aromatic N) is 5. The SMILES string of the molecule is CC(c1nnc(-c2cccs2)o1)N1CCC(n2ccnc2)CC1. The first kappa shape index (κ1) is 14.6.